The molecule has 0 aliphatic carbocycles. The summed E-state index contributed by atoms with van der Waals surface area (Å²) in [5.74, 6) is 2.27. The summed E-state index contributed by atoms with van der Waals surface area (Å²) in [6, 6.07) is 11.0. The Hall–Kier alpha value is -2.89. The van der Waals surface area contributed by atoms with Crippen LogP contribution in [0.15, 0.2) is 36.4 Å². The predicted octanol–water partition coefficient (Wildman–Crippen LogP) is 2.79. The van der Waals surface area contributed by atoms with E-state index < -0.39 is 0 Å². The van der Waals surface area contributed by atoms with E-state index in [1.165, 1.54) is 0 Å². The van der Waals surface area contributed by atoms with Crippen molar-refractivity contribution >= 4 is 5.91 Å². The van der Waals surface area contributed by atoms with Crippen molar-refractivity contribution in [2.24, 2.45) is 0 Å². The van der Waals surface area contributed by atoms with Gasteiger partial charge in [-0.2, -0.15) is 0 Å². The molecule has 1 atom stereocenters. The number of nitrogens with one attached hydrogen (secondary N) is 1. The number of aryl methyl sites for hydroxylation is 1. The second-order valence-electron chi connectivity index (χ2n) is 5.65. The number of hydrogen-bond acceptors (Lipinski definition) is 5. The zero-order chi connectivity index (χ0) is 17.8. The van der Waals surface area contributed by atoms with E-state index in [1.807, 2.05) is 24.3 Å². The molecule has 1 amide bonds. The van der Waals surface area contributed by atoms with E-state index in [4.69, 9.17) is 18.9 Å². The maximum Gasteiger partial charge on any atom is 0.257 e. The molecule has 0 spiro atoms. The van der Waals surface area contributed by atoms with Gasteiger partial charge in [0.25, 0.3) is 5.91 Å². The molecular weight excluding hydrogens is 322 g/mol. The largest absolute Gasteiger partial charge is 0.493 e. The van der Waals surface area contributed by atoms with E-state index in [-0.39, 0.29) is 12.1 Å². The first-order chi connectivity index (χ1) is 12.2. The van der Waals surface area contributed by atoms with Gasteiger partial charge in [0.05, 0.1) is 26.9 Å². The quantitative estimate of drug-likeness (QED) is 0.874. The average molecular weight is 343 g/mol. The number of ether oxygens (including phenoxy) is 4. The van der Waals surface area contributed by atoms with Crippen LogP contribution in [0, 0.1) is 0 Å². The molecule has 3 rings (SSSR count). The summed E-state index contributed by atoms with van der Waals surface area (Å²) in [6.45, 7) is 0. The molecule has 0 saturated carbocycles. The van der Waals surface area contributed by atoms with Gasteiger partial charge in [-0.05, 0) is 36.2 Å². The van der Waals surface area contributed by atoms with Gasteiger partial charge in [0.2, 0.25) is 5.75 Å². The Morgan fingerprint density at radius 3 is 2.36 bits per heavy atom. The Kier molecular flexibility index (Phi) is 4.97. The van der Waals surface area contributed by atoms with Crippen molar-refractivity contribution < 1.29 is 23.7 Å². The molecule has 1 aliphatic heterocycles. The number of para-hydroxylation sites is 1. The summed E-state index contributed by atoms with van der Waals surface area (Å²) in [4.78, 5) is 12.1. The van der Waals surface area contributed by atoms with Crippen LogP contribution in [0.1, 0.15) is 22.3 Å². The van der Waals surface area contributed by atoms with Gasteiger partial charge in [0.15, 0.2) is 17.7 Å². The van der Waals surface area contributed by atoms with E-state index in [0.29, 0.717) is 41.4 Å². The fourth-order valence-electron chi connectivity index (χ4n) is 2.87. The molecule has 132 valence electrons. The molecule has 0 bridgehead atoms. The molecule has 2 aromatic rings. The smallest absolute Gasteiger partial charge is 0.257 e. The lowest BCUT2D eigenvalue weighted by Gasteiger charge is -2.26. The third-order valence-electron chi connectivity index (χ3n) is 4.11. The van der Waals surface area contributed by atoms with Crippen molar-refractivity contribution in [3.05, 3.63) is 47.5 Å². The topological polar surface area (TPSA) is 66.0 Å². The lowest BCUT2D eigenvalue weighted by atomic mass is 10.1. The first kappa shape index (κ1) is 17.0. The number of fused-ring (bicyclic) bond motifs is 1. The number of benzene rings is 2. The molecule has 1 heterocycles. The fourth-order valence-corrected chi connectivity index (χ4v) is 2.87. The van der Waals surface area contributed by atoms with E-state index >= 15 is 0 Å². The highest BCUT2D eigenvalue weighted by molar-refractivity contribution is 5.97. The summed E-state index contributed by atoms with van der Waals surface area (Å²) in [6.07, 6.45) is 0.934. The highest BCUT2D eigenvalue weighted by Crippen LogP contribution is 2.38. The van der Waals surface area contributed by atoms with E-state index in [1.54, 1.807) is 33.5 Å². The minimum Gasteiger partial charge on any atom is -0.493 e. The molecule has 0 aromatic heterocycles. The molecule has 1 unspecified atom stereocenters. The number of carbonyl (C=O) groups excluding carboxylic acids is 1. The summed E-state index contributed by atoms with van der Waals surface area (Å²) < 4.78 is 21.9. The SMILES string of the molecule is COc1cc(CCC2NC(=O)c3ccccc3O2)cc(OC)c1OC. The second kappa shape index (κ2) is 7.34. The van der Waals surface area contributed by atoms with Crippen molar-refractivity contribution in [2.75, 3.05) is 21.3 Å². The van der Waals surface area contributed by atoms with Gasteiger partial charge < -0.3 is 24.3 Å². The molecular formula is C19H21NO5. The van der Waals surface area contributed by atoms with Crippen LogP contribution in [-0.4, -0.2) is 33.5 Å². The van der Waals surface area contributed by atoms with Gasteiger partial charge >= 0.3 is 0 Å². The minimum atomic E-state index is -0.374. The Bertz CT molecular complexity index is 749. The summed E-state index contributed by atoms with van der Waals surface area (Å²) in [5, 5.41) is 2.87. The highest BCUT2D eigenvalue weighted by atomic mass is 16.5. The molecule has 1 aliphatic rings. The molecule has 1 N–H and O–H groups in total. The monoisotopic (exact) mass is 343 g/mol. The lowest BCUT2D eigenvalue weighted by Crippen LogP contribution is -2.43. The number of hydrogen-bond donors (Lipinski definition) is 1. The zero-order valence-corrected chi connectivity index (χ0v) is 14.5. The van der Waals surface area contributed by atoms with Crippen LogP contribution in [-0.2, 0) is 6.42 Å². The van der Waals surface area contributed by atoms with Gasteiger partial charge in [-0.1, -0.05) is 12.1 Å². The van der Waals surface area contributed by atoms with Crippen molar-refractivity contribution in [3.63, 3.8) is 0 Å². The summed E-state index contributed by atoms with van der Waals surface area (Å²) in [5.41, 5.74) is 1.57. The summed E-state index contributed by atoms with van der Waals surface area (Å²) >= 11 is 0. The fraction of sp³-hybridized carbons (Fsp3) is 0.316. The van der Waals surface area contributed by atoms with Gasteiger partial charge in [-0.15, -0.1) is 0 Å². The summed E-state index contributed by atoms with van der Waals surface area (Å²) in [7, 11) is 4.74. The van der Waals surface area contributed by atoms with Gasteiger partial charge in [0.1, 0.15) is 5.75 Å². The number of rotatable bonds is 6. The number of amides is 1. The average Bonchev–Trinajstić information content (AvgIpc) is 2.65. The Labute approximate surface area is 146 Å². The van der Waals surface area contributed by atoms with Crippen LogP contribution in [0.2, 0.25) is 0 Å². The van der Waals surface area contributed by atoms with Crippen molar-refractivity contribution in [1.82, 2.24) is 5.32 Å². The zero-order valence-electron chi connectivity index (χ0n) is 14.5. The predicted molar refractivity (Wildman–Crippen MR) is 92.7 cm³/mol. The first-order valence-corrected chi connectivity index (χ1v) is 8.01. The molecule has 0 saturated heterocycles. The lowest BCUT2D eigenvalue weighted by molar-refractivity contribution is 0.0741. The van der Waals surface area contributed by atoms with Crippen LogP contribution in [0.25, 0.3) is 0 Å². The van der Waals surface area contributed by atoms with Gasteiger partial charge in [-0.25, -0.2) is 0 Å². The number of methoxy groups -OCH3 is 3. The maximum absolute atomic E-state index is 12.1. The number of carbonyl (C=O) groups is 1. The third kappa shape index (κ3) is 3.47. The minimum absolute atomic E-state index is 0.114. The van der Waals surface area contributed by atoms with Crippen molar-refractivity contribution in [3.8, 4) is 23.0 Å². The van der Waals surface area contributed by atoms with Crippen LogP contribution in [0.4, 0.5) is 0 Å². The van der Waals surface area contributed by atoms with Crippen LogP contribution < -0.4 is 24.3 Å². The second-order valence-corrected chi connectivity index (χ2v) is 5.65. The Morgan fingerprint density at radius 1 is 1.04 bits per heavy atom. The maximum atomic E-state index is 12.1. The first-order valence-electron chi connectivity index (χ1n) is 8.01. The molecule has 6 heteroatoms. The van der Waals surface area contributed by atoms with Crippen molar-refractivity contribution in [2.45, 2.75) is 19.1 Å². The molecule has 2 aromatic carbocycles. The van der Waals surface area contributed by atoms with Crippen molar-refractivity contribution in [1.29, 1.82) is 0 Å². The third-order valence-corrected chi connectivity index (χ3v) is 4.11. The van der Waals surface area contributed by atoms with Gasteiger partial charge in [0, 0.05) is 6.42 Å². The van der Waals surface area contributed by atoms with Crippen LogP contribution >= 0.6 is 0 Å². The molecule has 0 fully saturated rings. The molecule has 0 radical (unpaired) electrons. The van der Waals surface area contributed by atoms with E-state index in [0.717, 1.165) is 5.56 Å². The highest BCUT2D eigenvalue weighted by Gasteiger charge is 2.25. The van der Waals surface area contributed by atoms with Gasteiger partial charge in [-0.3, -0.25) is 4.79 Å². The van der Waals surface area contributed by atoms with Crippen LogP contribution in [0.5, 0.6) is 23.0 Å². The molecule has 25 heavy (non-hydrogen) atoms. The van der Waals surface area contributed by atoms with E-state index in [2.05, 4.69) is 5.32 Å². The Balaban J connectivity index is 1.73. The molecule has 6 nitrogen and oxygen atoms in total. The normalized spacial score (nSPS) is 15.6. The van der Waals surface area contributed by atoms with Crippen LogP contribution in [0.3, 0.4) is 0 Å². The standard InChI is InChI=1S/C19H21NO5/c1-22-15-10-12(11-16(23-2)18(15)24-3)8-9-17-20-19(21)13-6-4-5-7-14(13)25-17/h4-7,10-11,17H,8-9H2,1-3H3,(H,20,21). The Morgan fingerprint density at radius 2 is 1.72 bits per heavy atom. The van der Waals surface area contributed by atoms with E-state index in [9.17, 15) is 4.79 Å².